The van der Waals surface area contributed by atoms with Crippen molar-refractivity contribution >= 4 is 5.90 Å². The Morgan fingerprint density at radius 2 is 2.27 bits per heavy atom. The van der Waals surface area contributed by atoms with Crippen molar-refractivity contribution < 1.29 is 4.74 Å². The van der Waals surface area contributed by atoms with Gasteiger partial charge in [0.15, 0.2) is 0 Å². The van der Waals surface area contributed by atoms with Gasteiger partial charge in [0.05, 0.1) is 6.61 Å². The van der Waals surface area contributed by atoms with E-state index in [2.05, 4.69) is 6.92 Å². The van der Waals surface area contributed by atoms with Crippen LogP contribution in [0.3, 0.4) is 0 Å². The van der Waals surface area contributed by atoms with Crippen LogP contribution in [0.4, 0.5) is 0 Å². The summed E-state index contributed by atoms with van der Waals surface area (Å²) in [5, 5.41) is 7.22. The molecule has 0 radical (unpaired) electrons. The minimum atomic E-state index is 0.151. The summed E-state index contributed by atoms with van der Waals surface area (Å²) < 4.78 is 5.02. The third-order valence-electron chi connectivity index (χ3n) is 1.11. The Balaban J connectivity index is 3.46. The topological polar surface area (TPSA) is 59.1 Å². The van der Waals surface area contributed by atoms with Gasteiger partial charge in [-0.25, -0.2) is 0 Å². The first-order valence-electron chi connectivity index (χ1n) is 3.82. The predicted octanol–water partition coefficient (Wildman–Crippen LogP) is 1.64. The van der Waals surface area contributed by atoms with Crippen LogP contribution in [-0.2, 0) is 4.74 Å². The molecule has 3 heteroatoms. The zero-order valence-electron chi connectivity index (χ0n) is 7.18. The van der Waals surface area contributed by atoms with Crippen LogP contribution in [0, 0.1) is 5.41 Å². The molecule has 0 aromatic rings. The van der Waals surface area contributed by atoms with Crippen molar-refractivity contribution in [1.82, 2.24) is 0 Å². The predicted molar refractivity (Wildman–Crippen MR) is 46.5 cm³/mol. The average molecular weight is 156 g/mol. The first-order chi connectivity index (χ1) is 5.16. The highest BCUT2D eigenvalue weighted by Gasteiger charge is 1.91. The van der Waals surface area contributed by atoms with Gasteiger partial charge < -0.3 is 10.5 Å². The van der Waals surface area contributed by atoms with Gasteiger partial charge in [0.25, 0.3) is 0 Å². The van der Waals surface area contributed by atoms with E-state index in [1.807, 2.05) is 0 Å². The number of nitrogens with two attached hydrogens (primary N) is 1. The summed E-state index contributed by atoms with van der Waals surface area (Å²) in [4.78, 5) is 0. The Bertz CT molecular complexity index is 148. The number of rotatable bonds is 4. The molecule has 3 nitrogen and oxygen atoms in total. The lowest BCUT2D eigenvalue weighted by Crippen LogP contribution is -2.04. The molecule has 0 unspecified atom stereocenters. The molecular formula is C8H16N2O. The fourth-order valence-corrected chi connectivity index (χ4v) is 0.575. The molecule has 0 atom stereocenters. The second-order valence-electron chi connectivity index (χ2n) is 2.45. The van der Waals surface area contributed by atoms with E-state index in [4.69, 9.17) is 15.9 Å². The van der Waals surface area contributed by atoms with Gasteiger partial charge in [-0.3, -0.25) is 5.41 Å². The lowest BCUT2D eigenvalue weighted by atomic mass is 10.4. The Morgan fingerprint density at radius 1 is 1.64 bits per heavy atom. The SMILES string of the molecule is CCCCOC(=N)/C=C(/C)N. The van der Waals surface area contributed by atoms with Crippen LogP contribution in [0.1, 0.15) is 26.7 Å². The molecule has 0 aromatic heterocycles. The van der Waals surface area contributed by atoms with Gasteiger partial charge in [-0.1, -0.05) is 13.3 Å². The second kappa shape index (κ2) is 5.77. The zero-order valence-corrected chi connectivity index (χ0v) is 7.18. The summed E-state index contributed by atoms with van der Waals surface area (Å²) in [6, 6.07) is 0. The third kappa shape index (κ3) is 6.90. The number of allylic oxidation sites excluding steroid dienone is 1. The molecule has 0 aliphatic rings. The highest BCUT2D eigenvalue weighted by molar-refractivity contribution is 5.85. The van der Waals surface area contributed by atoms with E-state index >= 15 is 0 Å². The van der Waals surface area contributed by atoms with Crippen LogP contribution >= 0.6 is 0 Å². The van der Waals surface area contributed by atoms with Gasteiger partial charge in [-0.15, -0.1) is 0 Å². The van der Waals surface area contributed by atoms with Crippen LogP contribution in [0.15, 0.2) is 11.8 Å². The number of nitrogens with one attached hydrogen (secondary N) is 1. The summed E-state index contributed by atoms with van der Waals surface area (Å²) in [6.07, 6.45) is 3.58. The lowest BCUT2D eigenvalue weighted by Gasteiger charge is -2.01. The third-order valence-corrected chi connectivity index (χ3v) is 1.11. The summed E-state index contributed by atoms with van der Waals surface area (Å²) in [5.41, 5.74) is 5.94. The molecule has 0 amide bonds. The molecule has 0 fully saturated rings. The normalized spacial score (nSPS) is 11.3. The van der Waals surface area contributed by atoms with Crippen LogP contribution in [0.2, 0.25) is 0 Å². The Morgan fingerprint density at radius 3 is 2.73 bits per heavy atom. The number of ether oxygens (including phenoxy) is 1. The standard InChI is InChI=1S/C8H16N2O/c1-3-4-5-11-8(10)6-7(2)9/h6,10H,3-5,9H2,1-2H3/b7-6-,10-8?. The summed E-state index contributed by atoms with van der Waals surface area (Å²) in [6.45, 7) is 4.42. The van der Waals surface area contributed by atoms with Crippen molar-refractivity contribution in [2.24, 2.45) is 5.73 Å². The van der Waals surface area contributed by atoms with Crippen molar-refractivity contribution in [2.75, 3.05) is 6.61 Å². The monoisotopic (exact) mass is 156 g/mol. The van der Waals surface area contributed by atoms with Gasteiger partial charge in [0.2, 0.25) is 5.90 Å². The summed E-state index contributed by atoms with van der Waals surface area (Å²) >= 11 is 0. The maximum absolute atomic E-state index is 7.22. The fraction of sp³-hybridized carbons (Fsp3) is 0.625. The molecular weight excluding hydrogens is 140 g/mol. The van der Waals surface area contributed by atoms with Crippen molar-refractivity contribution in [1.29, 1.82) is 5.41 Å². The average Bonchev–Trinajstić information content (AvgIpc) is 1.86. The van der Waals surface area contributed by atoms with Gasteiger partial charge in [0, 0.05) is 11.8 Å². The minimum Gasteiger partial charge on any atom is -0.478 e. The molecule has 0 spiro atoms. The molecule has 3 N–H and O–H groups in total. The van der Waals surface area contributed by atoms with Crippen LogP contribution in [0.5, 0.6) is 0 Å². The van der Waals surface area contributed by atoms with E-state index in [0.717, 1.165) is 12.8 Å². The van der Waals surface area contributed by atoms with Crippen molar-refractivity contribution in [3.05, 3.63) is 11.8 Å². The highest BCUT2D eigenvalue weighted by atomic mass is 16.5. The Labute approximate surface area is 67.7 Å². The van der Waals surface area contributed by atoms with Gasteiger partial charge in [0.1, 0.15) is 0 Å². The van der Waals surface area contributed by atoms with Crippen LogP contribution in [-0.4, -0.2) is 12.5 Å². The maximum Gasteiger partial charge on any atom is 0.207 e. The quantitative estimate of drug-likeness (QED) is 0.369. The van der Waals surface area contributed by atoms with E-state index in [-0.39, 0.29) is 5.90 Å². The van der Waals surface area contributed by atoms with Gasteiger partial charge in [-0.2, -0.15) is 0 Å². The van der Waals surface area contributed by atoms with E-state index in [9.17, 15) is 0 Å². The van der Waals surface area contributed by atoms with E-state index in [1.54, 1.807) is 6.92 Å². The smallest absolute Gasteiger partial charge is 0.207 e. The Hall–Kier alpha value is -0.990. The van der Waals surface area contributed by atoms with E-state index in [0.29, 0.717) is 12.3 Å². The van der Waals surface area contributed by atoms with Crippen LogP contribution < -0.4 is 5.73 Å². The molecule has 0 saturated heterocycles. The van der Waals surface area contributed by atoms with E-state index in [1.165, 1.54) is 6.08 Å². The van der Waals surface area contributed by atoms with Gasteiger partial charge >= 0.3 is 0 Å². The molecule has 0 aliphatic carbocycles. The molecule has 11 heavy (non-hydrogen) atoms. The maximum atomic E-state index is 7.22. The zero-order chi connectivity index (χ0) is 8.69. The Kier molecular flexibility index (Phi) is 5.25. The van der Waals surface area contributed by atoms with Crippen molar-refractivity contribution in [2.45, 2.75) is 26.7 Å². The largest absolute Gasteiger partial charge is 0.478 e. The molecule has 64 valence electrons. The number of hydrogen-bond acceptors (Lipinski definition) is 3. The summed E-state index contributed by atoms with van der Waals surface area (Å²) in [5.74, 6) is 0.151. The first-order valence-corrected chi connectivity index (χ1v) is 3.82. The fourth-order valence-electron chi connectivity index (χ4n) is 0.575. The highest BCUT2D eigenvalue weighted by Crippen LogP contribution is 1.91. The first kappa shape index (κ1) is 10.0. The van der Waals surface area contributed by atoms with Gasteiger partial charge in [-0.05, 0) is 13.3 Å². The summed E-state index contributed by atoms with van der Waals surface area (Å²) in [7, 11) is 0. The van der Waals surface area contributed by atoms with Crippen molar-refractivity contribution in [3.8, 4) is 0 Å². The molecule has 0 saturated carbocycles. The molecule has 0 heterocycles. The van der Waals surface area contributed by atoms with Crippen LogP contribution in [0.25, 0.3) is 0 Å². The molecule has 0 bridgehead atoms. The molecule has 0 aliphatic heterocycles. The number of hydrogen-bond donors (Lipinski definition) is 2. The molecule has 0 aromatic carbocycles. The second-order valence-corrected chi connectivity index (χ2v) is 2.45. The molecule has 0 rings (SSSR count). The van der Waals surface area contributed by atoms with E-state index < -0.39 is 0 Å². The van der Waals surface area contributed by atoms with Crippen molar-refractivity contribution in [3.63, 3.8) is 0 Å². The number of unbranched alkanes of at least 4 members (excludes halogenated alkanes) is 1. The lowest BCUT2D eigenvalue weighted by molar-refractivity contribution is 0.296. The minimum absolute atomic E-state index is 0.151.